The predicted molar refractivity (Wildman–Crippen MR) is 66.3 cm³/mol. The van der Waals surface area contributed by atoms with Crippen LogP contribution >= 0.6 is 0 Å². The van der Waals surface area contributed by atoms with Crippen molar-refractivity contribution in [1.82, 2.24) is 0 Å². The Bertz CT molecular complexity index is 153. The Labute approximate surface area is 91.5 Å². The van der Waals surface area contributed by atoms with E-state index in [0.29, 0.717) is 10.8 Å². The van der Waals surface area contributed by atoms with Crippen molar-refractivity contribution in [3.63, 3.8) is 0 Å². The summed E-state index contributed by atoms with van der Waals surface area (Å²) in [5.74, 6) is 1.59. The zero-order chi connectivity index (χ0) is 11.4. The summed E-state index contributed by atoms with van der Waals surface area (Å²) >= 11 is 0. The smallest absolute Gasteiger partial charge is 0.0244 e. The van der Waals surface area contributed by atoms with Crippen LogP contribution in [0, 0.1) is 16.7 Å². The van der Waals surface area contributed by atoms with Crippen molar-refractivity contribution in [2.75, 3.05) is 0 Å². The van der Waals surface area contributed by atoms with Gasteiger partial charge in [0, 0.05) is 0 Å². The molecule has 0 rings (SSSR count). The molecule has 0 amide bonds. The molecule has 85 valence electrons. The molecule has 0 saturated carbocycles. The average molecular weight is 197 g/mol. The third-order valence-corrected chi connectivity index (χ3v) is 4.51. The van der Waals surface area contributed by atoms with Crippen LogP contribution in [0.5, 0.6) is 0 Å². The molecule has 0 spiro atoms. The first-order valence-electron chi connectivity index (χ1n) is 6.14. The summed E-state index contributed by atoms with van der Waals surface area (Å²) in [5, 5.41) is 0. The third-order valence-electron chi connectivity index (χ3n) is 4.51. The van der Waals surface area contributed by atoms with Crippen LogP contribution in [0.2, 0.25) is 0 Å². The molecule has 0 aliphatic rings. The normalized spacial score (nSPS) is 17.1. The summed E-state index contributed by atoms with van der Waals surface area (Å²) in [6, 6.07) is 0. The van der Waals surface area contributed by atoms with E-state index < -0.39 is 0 Å². The SMILES string of the molecule is CCC(C)(CC)CC(C)(CC)[C](C)C. The summed E-state index contributed by atoms with van der Waals surface area (Å²) in [7, 11) is 0. The summed E-state index contributed by atoms with van der Waals surface area (Å²) < 4.78 is 0. The number of rotatable bonds is 6. The lowest BCUT2D eigenvalue weighted by Crippen LogP contribution is -2.29. The molecule has 0 aliphatic heterocycles. The molecule has 0 nitrogen and oxygen atoms in total. The van der Waals surface area contributed by atoms with Crippen LogP contribution in [0.1, 0.15) is 74.1 Å². The molecular weight excluding hydrogens is 168 g/mol. The molecule has 0 N–H and O–H groups in total. The molecule has 1 radical (unpaired) electrons. The van der Waals surface area contributed by atoms with Gasteiger partial charge in [-0.05, 0) is 23.2 Å². The first kappa shape index (κ1) is 14.0. The quantitative estimate of drug-likeness (QED) is 0.546. The van der Waals surface area contributed by atoms with Gasteiger partial charge in [-0.15, -0.1) is 0 Å². The van der Waals surface area contributed by atoms with Crippen LogP contribution in [0.3, 0.4) is 0 Å². The highest BCUT2D eigenvalue weighted by atomic mass is 14.4. The molecule has 0 heterocycles. The molecule has 0 heteroatoms. The highest BCUT2D eigenvalue weighted by Gasteiger charge is 2.34. The molecule has 0 aromatic carbocycles. The zero-order valence-electron chi connectivity index (χ0n) is 11.3. The van der Waals surface area contributed by atoms with Crippen LogP contribution < -0.4 is 0 Å². The average Bonchev–Trinajstić information content (AvgIpc) is 2.17. The van der Waals surface area contributed by atoms with Gasteiger partial charge >= 0.3 is 0 Å². The van der Waals surface area contributed by atoms with Crippen LogP contribution in [-0.4, -0.2) is 0 Å². The van der Waals surface area contributed by atoms with E-state index in [0.717, 1.165) is 0 Å². The van der Waals surface area contributed by atoms with Gasteiger partial charge in [-0.25, -0.2) is 0 Å². The van der Waals surface area contributed by atoms with E-state index in [-0.39, 0.29) is 0 Å². The van der Waals surface area contributed by atoms with Crippen LogP contribution in [0.25, 0.3) is 0 Å². The van der Waals surface area contributed by atoms with E-state index in [1.54, 1.807) is 5.92 Å². The van der Waals surface area contributed by atoms with Gasteiger partial charge < -0.3 is 0 Å². The highest BCUT2D eigenvalue weighted by Crippen LogP contribution is 2.45. The summed E-state index contributed by atoms with van der Waals surface area (Å²) in [4.78, 5) is 0. The van der Waals surface area contributed by atoms with Gasteiger partial charge in [0.25, 0.3) is 0 Å². The van der Waals surface area contributed by atoms with Crippen LogP contribution in [0.15, 0.2) is 0 Å². The second-order valence-electron chi connectivity index (χ2n) is 5.61. The van der Waals surface area contributed by atoms with E-state index in [9.17, 15) is 0 Å². The maximum atomic E-state index is 2.43. The minimum absolute atomic E-state index is 0.445. The topological polar surface area (TPSA) is 0 Å². The van der Waals surface area contributed by atoms with Crippen molar-refractivity contribution < 1.29 is 0 Å². The van der Waals surface area contributed by atoms with Crippen molar-refractivity contribution in [2.45, 2.75) is 74.1 Å². The minimum Gasteiger partial charge on any atom is -0.0649 e. The van der Waals surface area contributed by atoms with Gasteiger partial charge in [0.1, 0.15) is 0 Å². The lowest BCUT2D eigenvalue weighted by atomic mass is 9.64. The van der Waals surface area contributed by atoms with Gasteiger partial charge in [-0.1, -0.05) is 67.7 Å². The Kier molecular flexibility index (Phi) is 5.19. The van der Waals surface area contributed by atoms with Crippen LogP contribution in [0.4, 0.5) is 0 Å². The fourth-order valence-electron chi connectivity index (χ4n) is 2.10. The molecular formula is C14H29. The molecule has 1 unspecified atom stereocenters. The van der Waals surface area contributed by atoms with E-state index in [4.69, 9.17) is 0 Å². The number of hydrogen-bond acceptors (Lipinski definition) is 0. The van der Waals surface area contributed by atoms with Crippen molar-refractivity contribution in [3.05, 3.63) is 5.92 Å². The maximum Gasteiger partial charge on any atom is -0.0244 e. The van der Waals surface area contributed by atoms with Gasteiger partial charge in [0.2, 0.25) is 0 Å². The fourth-order valence-corrected chi connectivity index (χ4v) is 2.10. The minimum atomic E-state index is 0.445. The highest BCUT2D eigenvalue weighted by molar-refractivity contribution is 4.99. The second-order valence-corrected chi connectivity index (χ2v) is 5.61. The molecule has 1 atom stereocenters. The molecule has 0 aliphatic carbocycles. The molecule has 0 saturated heterocycles. The standard InChI is InChI=1S/C14H29/c1-8-13(6,9-2)11-14(7,10-3)12(4)5/h8-11H2,1-7H3. The lowest BCUT2D eigenvalue weighted by molar-refractivity contribution is 0.154. The second kappa shape index (κ2) is 5.19. The lowest BCUT2D eigenvalue weighted by Gasteiger charge is -2.41. The Morgan fingerprint density at radius 2 is 1.29 bits per heavy atom. The van der Waals surface area contributed by atoms with E-state index in [1.165, 1.54) is 25.7 Å². The molecule has 0 bridgehead atoms. The van der Waals surface area contributed by atoms with E-state index in [1.807, 2.05) is 0 Å². The monoisotopic (exact) mass is 197 g/mol. The first-order valence-corrected chi connectivity index (χ1v) is 6.14. The molecule has 0 aromatic rings. The first-order chi connectivity index (χ1) is 6.33. The van der Waals surface area contributed by atoms with Crippen molar-refractivity contribution in [2.24, 2.45) is 10.8 Å². The Hall–Kier alpha value is 0. The fraction of sp³-hybridized carbons (Fsp3) is 0.929. The van der Waals surface area contributed by atoms with Gasteiger partial charge in [-0.2, -0.15) is 0 Å². The Morgan fingerprint density at radius 3 is 1.50 bits per heavy atom. The zero-order valence-corrected chi connectivity index (χ0v) is 11.3. The Balaban J connectivity index is 4.59. The van der Waals surface area contributed by atoms with E-state index >= 15 is 0 Å². The summed E-state index contributed by atoms with van der Waals surface area (Å²) in [6.45, 7) is 16.4. The summed E-state index contributed by atoms with van der Waals surface area (Å²) in [5.41, 5.74) is 0.975. The maximum absolute atomic E-state index is 2.43. The predicted octanol–water partition coefficient (Wildman–Crippen LogP) is 5.23. The van der Waals surface area contributed by atoms with Crippen molar-refractivity contribution in [1.29, 1.82) is 0 Å². The molecule has 14 heavy (non-hydrogen) atoms. The number of hydrogen-bond donors (Lipinski definition) is 0. The summed E-state index contributed by atoms with van der Waals surface area (Å²) in [6.07, 6.45) is 5.20. The van der Waals surface area contributed by atoms with E-state index in [2.05, 4.69) is 48.5 Å². The van der Waals surface area contributed by atoms with Crippen LogP contribution in [-0.2, 0) is 0 Å². The van der Waals surface area contributed by atoms with Gasteiger partial charge in [0.05, 0.1) is 0 Å². The van der Waals surface area contributed by atoms with Crippen molar-refractivity contribution >= 4 is 0 Å². The third kappa shape index (κ3) is 3.29. The van der Waals surface area contributed by atoms with Crippen molar-refractivity contribution in [3.8, 4) is 0 Å². The van der Waals surface area contributed by atoms with Gasteiger partial charge in [0.15, 0.2) is 0 Å². The van der Waals surface area contributed by atoms with Gasteiger partial charge in [-0.3, -0.25) is 0 Å². The largest absolute Gasteiger partial charge is 0.0649 e. The molecule has 0 aromatic heterocycles. The molecule has 0 fully saturated rings. The Morgan fingerprint density at radius 1 is 0.857 bits per heavy atom.